The highest BCUT2D eigenvalue weighted by molar-refractivity contribution is 5.96. The highest BCUT2D eigenvalue weighted by atomic mass is 16.2. The van der Waals surface area contributed by atoms with E-state index >= 15 is 0 Å². The van der Waals surface area contributed by atoms with Crippen molar-refractivity contribution in [2.45, 2.75) is 33.2 Å². The van der Waals surface area contributed by atoms with Crippen LogP contribution in [0.3, 0.4) is 0 Å². The minimum Gasteiger partial charge on any atom is -0.355 e. The molecule has 3 N–H and O–H groups in total. The van der Waals surface area contributed by atoms with E-state index in [0.717, 1.165) is 18.4 Å². The van der Waals surface area contributed by atoms with Crippen LogP contribution in [0.1, 0.15) is 42.6 Å². The molecule has 2 amide bonds. The first-order valence-corrected chi connectivity index (χ1v) is 7.47. The number of nitrogens with zero attached hydrogens (tertiary/aromatic N) is 1. The number of hydrogen-bond donors (Lipinski definition) is 2. The van der Waals surface area contributed by atoms with Gasteiger partial charge >= 0.3 is 0 Å². The number of benzene rings is 1. The van der Waals surface area contributed by atoms with Gasteiger partial charge in [-0.25, -0.2) is 0 Å². The molecule has 0 spiro atoms. The van der Waals surface area contributed by atoms with E-state index in [9.17, 15) is 9.59 Å². The van der Waals surface area contributed by atoms with Gasteiger partial charge in [0.25, 0.3) is 5.91 Å². The quantitative estimate of drug-likeness (QED) is 0.762. The standard InChI is InChI=1S/C16H25N3O2/c1-3-9-18-15(20)12-19(10-4-2)16(21)14-7-5-13(11-17)6-8-14/h5-8H,3-4,9-12,17H2,1-2H3,(H,18,20). The third-order valence-corrected chi connectivity index (χ3v) is 3.12. The van der Waals surface area contributed by atoms with Gasteiger partial charge in [-0.05, 0) is 30.5 Å². The largest absolute Gasteiger partial charge is 0.355 e. The molecular weight excluding hydrogens is 266 g/mol. The van der Waals surface area contributed by atoms with Crippen molar-refractivity contribution < 1.29 is 9.59 Å². The predicted molar refractivity (Wildman–Crippen MR) is 83.8 cm³/mol. The second-order valence-corrected chi connectivity index (χ2v) is 4.98. The molecule has 0 unspecified atom stereocenters. The second-order valence-electron chi connectivity index (χ2n) is 4.98. The molecule has 0 heterocycles. The summed E-state index contributed by atoms with van der Waals surface area (Å²) in [5, 5.41) is 2.80. The number of nitrogens with one attached hydrogen (secondary N) is 1. The van der Waals surface area contributed by atoms with Gasteiger partial charge in [0.2, 0.25) is 5.91 Å². The smallest absolute Gasteiger partial charge is 0.254 e. The zero-order chi connectivity index (χ0) is 15.7. The number of amides is 2. The van der Waals surface area contributed by atoms with Gasteiger partial charge in [0.05, 0.1) is 6.54 Å². The average molecular weight is 291 g/mol. The lowest BCUT2D eigenvalue weighted by Crippen LogP contribution is -2.41. The molecule has 1 rings (SSSR count). The van der Waals surface area contributed by atoms with Crippen molar-refractivity contribution in [3.63, 3.8) is 0 Å². The fourth-order valence-electron chi connectivity index (χ4n) is 1.98. The molecule has 0 atom stereocenters. The number of nitrogens with two attached hydrogens (primary N) is 1. The van der Waals surface area contributed by atoms with E-state index in [2.05, 4.69) is 5.32 Å². The van der Waals surface area contributed by atoms with Crippen LogP contribution in [0.5, 0.6) is 0 Å². The maximum absolute atomic E-state index is 12.5. The van der Waals surface area contributed by atoms with Crippen LogP contribution >= 0.6 is 0 Å². The van der Waals surface area contributed by atoms with Gasteiger partial charge in [-0.3, -0.25) is 9.59 Å². The fourth-order valence-corrected chi connectivity index (χ4v) is 1.98. The predicted octanol–water partition coefficient (Wildman–Crippen LogP) is 1.52. The first-order chi connectivity index (χ1) is 10.1. The SMILES string of the molecule is CCCNC(=O)CN(CCC)C(=O)c1ccc(CN)cc1. The third kappa shape index (κ3) is 5.55. The molecule has 5 nitrogen and oxygen atoms in total. The van der Waals surface area contributed by atoms with E-state index in [1.54, 1.807) is 17.0 Å². The normalized spacial score (nSPS) is 10.2. The molecule has 116 valence electrons. The molecule has 0 saturated heterocycles. The third-order valence-electron chi connectivity index (χ3n) is 3.12. The molecular formula is C16H25N3O2. The highest BCUT2D eigenvalue weighted by Gasteiger charge is 2.17. The molecule has 5 heteroatoms. The molecule has 0 radical (unpaired) electrons. The lowest BCUT2D eigenvalue weighted by Gasteiger charge is -2.21. The van der Waals surface area contributed by atoms with Gasteiger partial charge in [-0.1, -0.05) is 26.0 Å². The summed E-state index contributed by atoms with van der Waals surface area (Å²) in [5.74, 6) is -0.232. The monoisotopic (exact) mass is 291 g/mol. The van der Waals surface area contributed by atoms with E-state index in [0.29, 0.717) is 25.2 Å². The summed E-state index contributed by atoms with van der Waals surface area (Å²) in [5.41, 5.74) is 7.12. The van der Waals surface area contributed by atoms with Crippen LogP contribution in [0.25, 0.3) is 0 Å². The molecule has 0 aliphatic carbocycles. The minimum atomic E-state index is -0.118. The van der Waals surface area contributed by atoms with Crippen LogP contribution in [-0.2, 0) is 11.3 Å². The Bertz CT molecular complexity index is 457. The van der Waals surface area contributed by atoms with Crippen molar-refractivity contribution in [2.75, 3.05) is 19.6 Å². The summed E-state index contributed by atoms with van der Waals surface area (Å²) in [6.07, 6.45) is 1.70. The Morgan fingerprint density at radius 1 is 1.14 bits per heavy atom. The second kappa shape index (κ2) is 9.13. The lowest BCUT2D eigenvalue weighted by atomic mass is 10.1. The van der Waals surface area contributed by atoms with Gasteiger partial charge in [-0.2, -0.15) is 0 Å². The molecule has 21 heavy (non-hydrogen) atoms. The number of hydrogen-bond acceptors (Lipinski definition) is 3. The van der Waals surface area contributed by atoms with Gasteiger partial charge in [-0.15, -0.1) is 0 Å². The van der Waals surface area contributed by atoms with Crippen LogP contribution in [-0.4, -0.2) is 36.3 Å². The minimum absolute atomic E-state index is 0.102. The molecule has 0 bridgehead atoms. The zero-order valence-electron chi connectivity index (χ0n) is 12.9. The van der Waals surface area contributed by atoms with Gasteiger partial charge in [0, 0.05) is 25.2 Å². The Morgan fingerprint density at radius 2 is 1.81 bits per heavy atom. The first-order valence-electron chi connectivity index (χ1n) is 7.47. The number of rotatable bonds is 8. The van der Waals surface area contributed by atoms with E-state index in [4.69, 9.17) is 5.73 Å². The molecule has 0 aliphatic heterocycles. The van der Waals surface area contributed by atoms with E-state index in [1.807, 2.05) is 26.0 Å². The summed E-state index contributed by atoms with van der Waals surface area (Å²) in [6.45, 7) is 5.74. The summed E-state index contributed by atoms with van der Waals surface area (Å²) < 4.78 is 0. The van der Waals surface area contributed by atoms with Crippen molar-refractivity contribution in [3.8, 4) is 0 Å². The Morgan fingerprint density at radius 3 is 2.33 bits per heavy atom. The van der Waals surface area contributed by atoms with E-state index < -0.39 is 0 Å². The number of carbonyl (C=O) groups excluding carboxylic acids is 2. The molecule has 0 saturated carbocycles. The van der Waals surface area contributed by atoms with Gasteiger partial charge in [0.15, 0.2) is 0 Å². The van der Waals surface area contributed by atoms with Crippen molar-refractivity contribution in [3.05, 3.63) is 35.4 Å². The Labute approximate surface area is 126 Å². The number of carbonyl (C=O) groups is 2. The molecule has 1 aromatic rings. The summed E-state index contributed by atoms with van der Waals surface area (Å²) in [4.78, 5) is 25.8. The van der Waals surface area contributed by atoms with E-state index in [-0.39, 0.29) is 18.4 Å². The van der Waals surface area contributed by atoms with Crippen LogP contribution in [0, 0.1) is 0 Å². The molecule has 0 fully saturated rings. The first kappa shape index (κ1) is 17.2. The average Bonchev–Trinajstić information content (AvgIpc) is 2.52. The molecule has 0 aromatic heterocycles. The van der Waals surface area contributed by atoms with Crippen molar-refractivity contribution in [1.29, 1.82) is 0 Å². The topological polar surface area (TPSA) is 75.4 Å². The van der Waals surface area contributed by atoms with Gasteiger partial charge in [0.1, 0.15) is 0 Å². The van der Waals surface area contributed by atoms with Gasteiger partial charge < -0.3 is 16.0 Å². The highest BCUT2D eigenvalue weighted by Crippen LogP contribution is 2.08. The van der Waals surface area contributed by atoms with Crippen molar-refractivity contribution >= 4 is 11.8 Å². The van der Waals surface area contributed by atoms with Crippen molar-refractivity contribution in [2.24, 2.45) is 5.73 Å². The van der Waals surface area contributed by atoms with Crippen LogP contribution in [0.4, 0.5) is 0 Å². The van der Waals surface area contributed by atoms with Crippen molar-refractivity contribution in [1.82, 2.24) is 10.2 Å². The zero-order valence-corrected chi connectivity index (χ0v) is 12.9. The summed E-state index contributed by atoms with van der Waals surface area (Å²) in [6, 6.07) is 7.21. The maximum atomic E-state index is 12.5. The summed E-state index contributed by atoms with van der Waals surface area (Å²) >= 11 is 0. The van der Waals surface area contributed by atoms with Crippen LogP contribution < -0.4 is 11.1 Å². The van der Waals surface area contributed by atoms with Crippen LogP contribution in [0.2, 0.25) is 0 Å². The maximum Gasteiger partial charge on any atom is 0.254 e. The molecule has 1 aromatic carbocycles. The Kier molecular flexibility index (Phi) is 7.46. The Hall–Kier alpha value is -1.88. The lowest BCUT2D eigenvalue weighted by molar-refractivity contribution is -0.121. The Balaban J connectivity index is 2.73. The summed E-state index contributed by atoms with van der Waals surface area (Å²) in [7, 11) is 0. The molecule has 0 aliphatic rings. The van der Waals surface area contributed by atoms with Crippen LogP contribution in [0.15, 0.2) is 24.3 Å². The van der Waals surface area contributed by atoms with E-state index in [1.165, 1.54) is 0 Å². The fraction of sp³-hybridized carbons (Fsp3) is 0.500.